The molecule has 1 aromatic carbocycles. The number of aryl methyl sites for hydroxylation is 2. The first kappa shape index (κ1) is 21.3. The van der Waals surface area contributed by atoms with Crippen molar-refractivity contribution in [3.63, 3.8) is 0 Å². The fourth-order valence-electron chi connectivity index (χ4n) is 5.09. The normalized spacial score (nSPS) is 19.5. The summed E-state index contributed by atoms with van der Waals surface area (Å²) >= 11 is 0. The molecule has 1 saturated carbocycles. The second-order valence-corrected chi connectivity index (χ2v) is 9.43. The molecule has 2 aromatic heterocycles. The first-order valence-corrected chi connectivity index (χ1v) is 11.8. The summed E-state index contributed by atoms with van der Waals surface area (Å²) in [6.07, 6.45) is 7.06. The van der Waals surface area contributed by atoms with E-state index in [1.807, 2.05) is 10.7 Å². The van der Waals surface area contributed by atoms with Gasteiger partial charge in [-0.05, 0) is 84.7 Å². The van der Waals surface area contributed by atoms with Crippen LogP contribution < -0.4 is 5.56 Å². The second kappa shape index (κ2) is 9.11. The summed E-state index contributed by atoms with van der Waals surface area (Å²) in [7, 11) is 0. The highest BCUT2D eigenvalue weighted by Gasteiger charge is 2.25. The molecular formula is C24H32N6O2. The van der Waals surface area contributed by atoms with Gasteiger partial charge in [-0.1, -0.05) is 12.8 Å². The van der Waals surface area contributed by atoms with Gasteiger partial charge in [0.05, 0.1) is 18.7 Å². The number of ether oxygens (including phenoxy) is 1. The number of aromatic amines is 1. The maximum atomic E-state index is 12.9. The predicted molar refractivity (Wildman–Crippen MR) is 122 cm³/mol. The molecule has 8 heteroatoms. The molecule has 32 heavy (non-hydrogen) atoms. The molecule has 3 aromatic rings. The molecule has 170 valence electrons. The van der Waals surface area contributed by atoms with Crippen molar-refractivity contribution in [1.29, 1.82) is 0 Å². The van der Waals surface area contributed by atoms with Crippen molar-refractivity contribution in [3.8, 4) is 0 Å². The highest BCUT2D eigenvalue weighted by molar-refractivity contribution is 5.80. The maximum absolute atomic E-state index is 12.9. The van der Waals surface area contributed by atoms with Crippen molar-refractivity contribution >= 4 is 10.9 Å². The van der Waals surface area contributed by atoms with Gasteiger partial charge in [0.25, 0.3) is 5.56 Å². The molecule has 0 spiro atoms. The molecule has 2 fully saturated rings. The minimum Gasteiger partial charge on any atom is -0.377 e. The van der Waals surface area contributed by atoms with Crippen molar-refractivity contribution in [2.24, 2.45) is 0 Å². The van der Waals surface area contributed by atoms with Gasteiger partial charge in [-0.3, -0.25) is 9.69 Å². The highest BCUT2D eigenvalue weighted by Crippen LogP contribution is 2.29. The molecule has 5 rings (SSSR count). The monoisotopic (exact) mass is 436 g/mol. The molecule has 1 aliphatic carbocycles. The largest absolute Gasteiger partial charge is 0.377 e. The molecule has 0 bridgehead atoms. The maximum Gasteiger partial charge on any atom is 0.252 e. The number of fused-ring (bicyclic) bond motifs is 1. The van der Waals surface area contributed by atoms with E-state index in [1.165, 1.54) is 24.0 Å². The Morgan fingerprint density at radius 2 is 1.91 bits per heavy atom. The van der Waals surface area contributed by atoms with Crippen LogP contribution in [0.3, 0.4) is 0 Å². The van der Waals surface area contributed by atoms with Crippen molar-refractivity contribution in [3.05, 3.63) is 51.1 Å². The molecule has 1 aliphatic heterocycles. The zero-order chi connectivity index (χ0) is 22.1. The number of hydrogen-bond acceptors (Lipinski definition) is 6. The molecule has 0 amide bonds. The Bertz CT molecular complexity index is 1140. The van der Waals surface area contributed by atoms with E-state index in [-0.39, 0.29) is 11.7 Å². The summed E-state index contributed by atoms with van der Waals surface area (Å²) in [6, 6.07) is 6.62. The zero-order valence-corrected chi connectivity index (χ0v) is 19.0. The van der Waals surface area contributed by atoms with Crippen LogP contribution in [0.4, 0.5) is 0 Å². The first-order chi connectivity index (χ1) is 15.6. The number of nitrogens with one attached hydrogen (secondary N) is 1. The SMILES string of the molecule is Cc1cc2cc(CN(Cc3nnnn3C3CCCC3)C[C@@H]3CCCO3)c(=O)[nH]c2cc1C. The van der Waals surface area contributed by atoms with Crippen molar-refractivity contribution in [2.45, 2.75) is 77.6 Å². The fourth-order valence-corrected chi connectivity index (χ4v) is 5.09. The topological polar surface area (TPSA) is 88.9 Å². The number of nitrogens with zero attached hydrogens (tertiary/aromatic N) is 5. The number of H-pyrrole nitrogens is 1. The summed E-state index contributed by atoms with van der Waals surface area (Å²) < 4.78 is 7.92. The van der Waals surface area contributed by atoms with Gasteiger partial charge >= 0.3 is 0 Å². The number of hydrogen-bond donors (Lipinski definition) is 1. The number of rotatable bonds is 7. The summed E-state index contributed by atoms with van der Waals surface area (Å²) in [5.74, 6) is 0.874. The molecule has 1 N–H and O–H groups in total. The van der Waals surface area contributed by atoms with E-state index in [1.54, 1.807) is 0 Å². The Kier molecular flexibility index (Phi) is 6.06. The van der Waals surface area contributed by atoms with Gasteiger partial charge in [0.1, 0.15) is 0 Å². The van der Waals surface area contributed by atoms with Gasteiger partial charge < -0.3 is 9.72 Å². The average Bonchev–Trinajstić information content (AvgIpc) is 3.52. The lowest BCUT2D eigenvalue weighted by molar-refractivity contribution is 0.0661. The molecule has 0 unspecified atom stereocenters. The number of aromatic nitrogens is 5. The smallest absolute Gasteiger partial charge is 0.252 e. The van der Waals surface area contributed by atoms with Crippen LogP contribution in [0.5, 0.6) is 0 Å². The van der Waals surface area contributed by atoms with Gasteiger partial charge in [-0.2, -0.15) is 0 Å². The Morgan fingerprint density at radius 3 is 2.69 bits per heavy atom. The Morgan fingerprint density at radius 1 is 1.09 bits per heavy atom. The van der Waals surface area contributed by atoms with E-state index < -0.39 is 0 Å². The lowest BCUT2D eigenvalue weighted by Gasteiger charge is -2.25. The summed E-state index contributed by atoms with van der Waals surface area (Å²) in [5, 5.41) is 13.7. The summed E-state index contributed by atoms with van der Waals surface area (Å²) in [6.45, 7) is 6.89. The third-order valence-corrected chi connectivity index (χ3v) is 7.01. The Labute approximate surface area is 188 Å². The van der Waals surface area contributed by atoms with Crippen LogP contribution in [0.15, 0.2) is 23.0 Å². The van der Waals surface area contributed by atoms with Crippen LogP contribution in [-0.2, 0) is 17.8 Å². The molecule has 0 radical (unpaired) electrons. The number of tetrazole rings is 1. The Hall–Kier alpha value is -2.58. The van der Waals surface area contributed by atoms with Gasteiger partial charge in [-0.15, -0.1) is 5.10 Å². The quantitative estimate of drug-likeness (QED) is 0.610. The van der Waals surface area contributed by atoms with Crippen molar-refractivity contribution < 1.29 is 4.74 Å². The summed E-state index contributed by atoms with van der Waals surface area (Å²) in [4.78, 5) is 18.3. The Balaban J connectivity index is 1.42. The molecular weight excluding hydrogens is 404 g/mol. The van der Waals surface area contributed by atoms with Gasteiger partial charge in [0, 0.05) is 30.8 Å². The van der Waals surface area contributed by atoms with Crippen LogP contribution in [0, 0.1) is 13.8 Å². The highest BCUT2D eigenvalue weighted by atomic mass is 16.5. The van der Waals surface area contributed by atoms with E-state index in [4.69, 9.17) is 4.74 Å². The lowest BCUT2D eigenvalue weighted by atomic mass is 10.0. The van der Waals surface area contributed by atoms with Gasteiger partial charge in [0.15, 0.2) is 5.82 Å². The number of benzene rings is 1. The third-order valence-electron chi connectivity index (χ3n) is 7.01. The first-order valence-electron chi connectivity index (χ1n) is 11.8. The standard InChI is InChI=1S/C24H32N6O2/c1-16-10-18-12-19(24(31)25-22(18)11-17(16)2)13-29(14-21-8-5-9-32-21)15-23-26-27-28-30(23)20-6-3-4-7-20/h10-12,20-21H,3-9,13-15H2,1-2H3,(H,25,31)/t21-/m0/s1. The van der Waals surface area contributed by atoms with E-state index >= 15 is 0 Å². The second-order valence-electron chi connectivity index (χ2n) is 9.43. The van der Waals surface area contributed by atoms with Crippen molar-refractivity contribution in [1.82, 2.24) is 30.1 Å². The minimum atomic E-state index is -0.0338. The molecule has 2 aliphatic rings. The van der Waals surface area contributed by atoms with Crippen LogP contribution in [0.25, 0.3) is 10.9 Å². The van der Waals surface area contributed by atoms with Gasteiger partial charge in [-0.25, -0.2) is 4.68 Å². The minimum absolute atomic E-state index is 0.0338. The molecule has 1 saturated heterocycles. The average molecular weight is 437 g/mol. The van der Waals surface area contributed by atoms with E-state index in [0.717, 1.165) is 61.1 Å². The van der Waals surface area contributed by atoms with E-state index in [2.05, 4.69) is 51.4 Å². The molecule has 8 nitrogen and oxygen atoms in total. The third kappa shape index (κ3) is 4.47. The lowest BCUT2D eigenvalue weighted by Crippen LogP contribution is -2.34. The zero-order valence-electron chi connectivity index (χ0n) is 19.0. The predicted octanol–water partition coefficient (Wildman–Crippen LogP) is 3.43. The summed E-state index contributed by atoms with van der Waals surface area (Å²) in [5.41, 5.74) is 4.02. The van der Waals surface area contributed by atoms with E-state index in [9.17, 15) is 4.79 Å². The molecule has 3 heterocycles. The van der Waals surface area contributed by atoms with E-state index in [0.29, 0.717) is 19.1 Å². The molecule has 1 atom stereocenters. The fraction of sp³-hybridized carbons (Fsp3) is 0.583. The van der Waals surface area contributed by atoms with Crippen molar-refractivity contribution in [2.75, 3.05) is 13.2 Å². The van der Waals surface area contributed by atoms with Crippen LogP contribution >= 0.6 is 0 Å². The van der Waals surface area contributed by atoms with Crippen LogP contribution in [0.1, 0.15) is 67.1 Å². The number of pyridine rings is 1. The van der Waals surface area contributed by atoms with Gasteiger partial charge in [0.2, 0.25) is 0 Å². The van der Waals surface area contributed by atoms with Crippen LogP contribution in [-0.4, -0.2) is 49.3 Å². The van der Waals surface area contributed by atoms with Crippen LogP contribution in [0.2, 0.25) is 0 Å².